The van der Waals surface area contributed by atoms with Crippen LogP contribution in [0, 0.1) is 5.41 Å². The van der Waals surface area contributed by atoms with Gasteiger partial charge in [-0.1, -0.05) is 6.92 Å². The number of likely N-dealkylation sites (N-methyl/N-ethyl adjacent to an activating group) is 1. The van der Waals surface area contributed by atoms with Gasteiger partial charge in [0.1, 0.15) is 0 Å². The summed E-state index contributed by atoms with van der Waals surface area (Å²) in [6, 6.07) is 0. The van der Waals surface area contributed by atoms with Gasteiger partial charge in [-0.2, -0.15) is 0 Å². The van der Waals surface area contributed by atoms with Gasteiger partial charge in [0.2, 0.25) is 11.8 Å². The third kappa shape index (κ3) is 3.55. The van der Waals surface area contributed by atoms with Crippen molar-refractivity contribution in [3.8, 4) is 0 Å². The lowest BCUT2D eigenvalue weighted by Gasteiger charge is -2.39. The molecule has 1 atom stereocenters. The minimum Gasteiger partial charge on any atom is -0.339 e. The van der Waals surface area contributed by atoms with Crippen LogP contribution in [0.2, 0.25) is 0 Å². The summed E-state index contributed by atoms with van der Waals surface area (Å²) >= 11 is 0. The van der Waals surface area contributed by atoms with Crippen LogP contribution in [0.3, 0.4) is 0 Å². The van der Waals surface area contributed by atoms with Gasteiger partial charge in [-0.05, 0) is 33.5 Å². The maximum absolute atomic E-state index is 12.8. The number of carbonyl (C=O) groups excluding carboxylic acids is 2. The largest absolute Gasteiger partial charge is 0.339 e. The van der Waals surface area contributed by atoms with E-state index in [1.807, 2.05) is 28.8 Å². The summed E-state index contributed by atoms with van der Waals surface area (Å²) in [5, 5.41) is 3.32. The molecule has 2 fully saturated rings. The highest BCUT2D eigenvalue weighted by Crippen LogP contribution is 2.32. The number of carbonyl (C=O) groups is 2. The molecule has 2 saturated heterocycles. The Balaban J connectivity index is 1.89. The summed E-state index contributed by atoms with van der Waals surface area (Å²) < 4.78 is 0. The van der Waals surface area contributed by atoms with Crippen LogP contribution in [0.5, 0.6) is 0 Å². The first-order valence-electron chi connectivity index (χ1n) is 7.91. The molecule has 2 aliphatic heterocycles. The molecule has 21 heavy (non-hydrogen) atoms. The molecule has 0 radical (unpaired) electrons. The molecule has 0 saturated carbocycles. The van der Waals surface area contributed by atoms with Gasteiger partial charge in [0.05, 0.1) is 12.0 Å². The Labute approximate surface area is 127 Å². The van der Waals surface area contributed by atoms with Crippen LogP contribution in [-0.4, -0.2) is 86.4 Å². The zero-order valence-corrected chi connectivity index (χ0v) is 13.5. The fourth-order valence-corrected chi connectivity index (χ4v) is 3.24. The lowest BCUT2D eigenvalue weighted by atomic mass is 9.82. The molecule has 2 heterocycles. The number of hydrogen-bond donors (Lipinski definition) is 1. The van der Waals surface area contributed by atoms with Crippen LogP contribution < -0.4 is 5.32 Å². The smallest absolute Gasteiger partial charge is 0.236 e. The fraction of sp³-hybridized carbons (Fsp3) is 0.867. The quantitative estimate of drug-likeness (QED) is 0.768. The molecule has 6 nitrogen and oxygen atoms in total. The summed E-state index contributed by atoms with van der Waals surface area (Å²) in [6.45, 7) is 6.91. The van der Waals surface area contributed by atoms with E-state index >= 15 is 0 Å². The van der Waals surface area contributed by atoms with Gasteiger partial charge in [0.25, 0.3) is 0 Å². The van der Waals surface area contributed by atoms with Crippen molar-refractivity contribution < 1.29 is 9.59 Å². The molecular formula is C15H28N4O2. The van der Waals surface area contributed by atoms with E-state index in [-0.39, 0.29) is 17.2 Å². The van der Waals surface area contributed by atoms with Crippen molar-refractivity contribution in [1.29, 1.82) is 0 Å². The van der Waals surface area contributed by atoms with Crippen molar-refractivity contribution in [2.24, 2.45) is 5.41 Å². The highest BCUT2D eigenvalue weighted by atomic mass is 16.2. The third-order valence-corrected chi connectivity index (χ3v) is 4.75. The summed E-state index contributed by atoms with van der Waals surface area (Å²) in [5.74, 6) is 0.426. The van der Waals surface area contributed by atoms with E-state index in [2.05, 4.69) is 12.2 Å². The molecule has 0 spiro atoms. The zero-order valence-electron chi connectivity index (χ0n) is 13.5. The number of hydrogen-bond acceptors (Lipinski definition) is 4. The lowest BCUT2D eigenvalue weighted by Crippen LogP contribution is -2.55. The van der Waals surface area contributed by atoms with Crippen molar-refractivity contribution in [2.45, 2.75) is 19.8 Å². The Hall–Kier alpha value is -1.14. The molecule has 1 N–H and O–H groups in total. The van der Waals surface area contributed by atoms with Gasteiger partial charge in [0, 0.05) is 32.7 Å². The van der Waals surface area contributed by atoms with Gasteiger partial charge in [0.15, 0.2) is 0 Å². The van der Waals surface area contributed by atoms with E-state index in [1.54, 1.807) is 0 Å². The average molecular weight is 296 g/mol. The Morgan fingerprint density at radius 3 is 2.24 bits per heavy atom. The van der Waals surface area contributed by atoms with Gasteiger partial charge in [-0.25, -0.2) is 0 Å². The molecule has 2 amide bonds. The Kier molecular flexibility index (Phi) is 5.22. The average Bonchev–Trinajstić information content (AvgIpc) is 2.96. The molecule has 0 aromatic rings. The summed E-state index contributed by atoms with van der Waals surface area (Å²) in [4.78, 5) is 30.5. The maximum Gasteiger partial charge on any atom is 0.236 e. The van der Waals surface area contributed by atoms with Gasteiger partial charge in [-0.15, -0.1) is 0 Å². The van der Waals surface area contributed by atoms with E-state index in [1.165, 1.54) is 0 Å². The Morgan fingerprint density at radius 2 is 1.76 bits per heavy atom. The highest BCUT2D eigenvalue weighted by molar-refractivity contribution is 5.84. The Morgan fingerprint density at radius 1 is 1.14 bits per heavy atom. The van der Waals surface area contributed by atoms with Crippen LogP contribution in [0.15, 0.2) is 0 Å². The number of nitrogens with zero attached hydrogens (tertiary/aromatic N) is 3. The van der Waals surface area contributed by atoms with Crippen LogP contribution >= 0.6 is 0 Å². The molecule has 0 bridgehead atoms. The van der Waals surface area contributed by atoms with E-state index in [9.17, 15) is 9.59 Å². The van der Waals surface area contributed by atoms with Crippen LogP contribution in [0.4, 0.5) is 0 Å². The molecule has 2 rings (SSSR count). The van der Waals surface area contributed by atoms with Crippen molar-refractivity contribution >= 4 is 11.8 Å². The number of amides is 2. The molecule has 6 heteroatoms. The highest BCUT2D eigenvalue weighted by Gasteiger charge is 2.42. The first-order valence-corrected chi connectivity index (χ1v) is 7.91. The summed E-state index contributed by atoms with van der Waals surface area (Å²) in [5.41, 5.74) is -0.212. The maximum atomic E-state index is 12.8. The standard InChI is InChI=1S/C15H28N4O2/c1-4-15(5-6-16-12-15)14(21)19-9-7-18(8-10-19)13(20)11-17(2)3/h16H,4-12H2,1-3H3. The SMILES string of the molecule is CCC1(C(=O)N2CCN(C(=O)CN(C)C)CC2)CCNC1. The first-order chi connectivity index (χ1) is 9.98. The van der Waals surface area contributed by atoms with Crippen molar-refractivity contribution in [3.63, 3.8) is 0 Å². The normalized spacial score (nSPS) is 26.5. The molecular weight excluding hydrogens is 268 g/mol. The van der Waals surface area contributed by atoms with Crippen LogP contribution in [-0.2, 0) is 9.59 Å². The second-order valence-electron chi connectivity index (χ2n) is 6.47. The lowest BCUT2D eigenvalue weighted by molar-refractivity contribution is -0.146. The third-order valence-electron chi connectivity index (χ3n) is 4.75. The van der Waals surface area contributed by atoms with E-state index < -0.39 is 0 Å². The van der Waals surface area contributed by atoms with Crippen molar-refractivity contribution in [3.05, 3.63) is 0 Å². The topological polar surface area (TPSA) is 55.9 Å². The van der Waals surface area contributed by atoms with Crippen LogP contribution in [0.1, 0.15) is 19.8 Å². The molecule has 0 aromatic heterocycles. The summed E-state index contributed by atoms with van der Waals surface area (Å²) in [7, 11) is 3.80. The number of rotatable bonds is 4. The zero-order chi connectivity index (χ0) is 15.5. The van der Waals surface area contributed by atoms with Crippen molar-refractivity contribution in [1.82, 2.24) is 20.0 Å². The molecule has 2 aliphatic rings. The molecule has 1 unspecified atom stereocenters. The molecule has 0 aromatic carbocycles. The van der Waals surface area contributed by atoms with E-state index in [4.69, 9.17) is 0 Å². The van der Waals surface area contributed by atoms with Crippen molar-refractivity contribution in [2.75, 3.05) is 59.9 Å². The van der Waals surface area contributed by atoms with E-state index in [0.29, 0.717) is 32.7 Å². The van der Waals surface area contributed by atoms with Gasteiger partial charge >= 0.3 is 0 Å². The van der Waals surface area contributed by atoms with Gasteiger partial charge < -0.3 is 20.0 Å². The first kappa shape index (κ1) is 16.2. The summed E-state index contributed by atoms with van der Waals surface area (Å²) in [6.07, 6.45) is 1.82. The second-order valence-corrected chi connectivity index (χ2v) is 6.47. The minimum absolute atomic E-state index is 0.153. The predicted molar refractivity (Wildman–Crippen MR) is 81.9 cm³/mol. The number of piperazine rings is 1. The predicted octanol–water partition coefficient (Wildman–Crippen LogP) is -0.391. The Bertz CT molecular complexity index is 383. The number of nitrogens with one attached hydrogen (secondary N) is 1. The monoisotopic (exact) mass is 296 g/mol. The van der Waals surface area contributed by atoms with Gasteiger partial charge in [-0.3, -0.25) is 9.59 Å². The van der Waals surface area contributed by atoms with Crippen LogP contribution in [0.25, 0.3) is 0 Å². The van der Waals surface area contributed by atoms with E-state index in [0.717, 1.165) is 25.9 Å². The molecule has 0 aliphatic carbocycles. The second kappa shape index (κ2) is 6.75. The molecule has 120 valence electrons. The minimum atomic E-state index is -0.212. The fourth-order valence-electron chi connectivity index (χ4n) is 3.24.